The molecule has 1 N–H and O–H groups in total. The predicted octanol–water partition coefficient (Wildman–Crippen LogP) is 7.15. The van der Waals surface area contributed by atoms with Crippen molar-refractivity contribution in [1.29, 1.82) is 0 Å². The summed E-state index contributed by atoms with van der Waals surface area (Å²) in [6, 6.07) is 14.5. The summed E-state index contributed by atoms with van der Waals surface area (Å²) in [5, 5.41) is 11.7. The van der Waals surface area contributed by atoms with Crippen LogP contribution in [-0.2, 0) is 17.6 Å². The number of fused-ring (bicyclic) bond motifs is 14. The molecule has 6 heteroatoms. The molecule has 0 radical (unpaired) electrons. The number of amides is 1. The van der Waals surface area contributed by atoms with Crippen LogP contribution in [0.3, 0.4) is 0 Å². The van der Waals surface area contributed by atoms with Crippen molar-refractivity contribution in [3.63, 3.8) is 0 Å². The first-order chi connectivity index (χ1) is 19.8. The summed E-state index contributed by atoms with van der Waals surface area (Å²) in [6.45, 7) is 9.27. The third kappa shape index (κ3) is 9.87. The van der Waals surface area contributed by atoms with E-state index in [1.54, 1.807) is 4.90 Å². The minimum absolute atomic E-state index is 0.144. The monoisotopic (exact) mass is 582 g/mol. The van der Waals surface area contributed by atoms with Gasteiger partial charge in [-0.2, -0.15) is 0 Å². The third-order valence-electron chi connectivity index (χ3n) is 8.45. The average molecular weight is 583 g/mol. The van der Waals surface area contributed by atoms with E-state index in [1.807, 2.05) is 51.2 Å². The molecule has 0 saturated heterocycles. The molecule has 226 valence electrons. The number of hydrogen-bond acceptors (Lipinski definition) is 4. The smallest absolute Gasteiger partial charge is 0.222 e. The Kier molecular flexibility index (Phi) is 13.7. The number of carbonyl (C=O) groups excluding carboxylic acids is 1. The van der Waals surface area contributed by atoms with Gasteiger partial charge in [0.2, 0.25) is 5.91 Å². The van der Waals surface area contributed by atoms with Gasteiger partial charge in [-0.25, -0.2) is 0 Å². The highest BCUT2D eigenvalue weighted by Gasteiger charge is 2.36. The molecule has 1 amide bonds. The number of ether oxygens (including phenoxy) is 1. The lowest BCUT2D eigenvalue weighted by Crippen LogP contribution is -2.42. The van der Waals surface area contributed by atoms with E-state index in [1.165, 1.54) is 11.1 Å². The first-order valence-corrected chi connectivity index (χ1v) is 16.0. The van der Waals surface area contributed by atoms with Crippen LogP contribution < -0.4 is 4.74 Å². The summed E-state index contributed by atoms with van der Waals surface area (Å²) in [5.74, 6) is 1.95. The highest BCUT2D eigenvalue weighted by atomic mass is 35.5. The fraction of sp³-hybridized carbons (Fsp3) is 0.571. The predicted molar refractivity (Wildman–Crippen MR) is 171 cm³/mol. The Bertz CT molecular complexity index is 1100. The highest BCUT2D eigenvalue weighted by molar-refractivity contribution is 6.30. The number of aryl methyl sites for hydroxylation is 2. The molecule has 2 aromatic carbocycles. The summed E-state index contributed by atoms with van der Waals surface area (Å²) in [7, 11) is 4.05. The largest absolute Gasteiger partial charge is 0.493 e. The van der Waals surface area contributed by atoms with Crippen LogP contribution in [0.4, 0.5) is 0 Å². The van der Waals surface area contributed by atoms with E-state index in [-0.39, 0.29) is 17.7 Å². The molecule has 1 aliphatic carbocycles. The first-order valence-electron chi connectivity index (χ1n) is 15.6. The highest BCUT2D eigenvalue weighted by Crippen LogP contribution is 2.38. The van der Waals surface area contributed by atoms with Crippen LogP contribution in [0.2, 0.25) is 5.02 Å². The van der Waals surface area contributed by atoms with Gasteiger partial charge in [0.25, 0.3) is 0 Å². The summed E-state index contributed by atoms with van der Waals surface area (Å²) in [5.41, 5.74) is 3.73. The van der Waals surface area contributed by atoms with Gasteiger partial charge < -0.3 is 19.6 Å². The van der Waals surface area contributed by atoms with Crippen LogP contribution in [0.5, 0.6) is 5.75 Å². The molecule has 2 bridgehead atoms. The zero-order chi connectivity index (χ0) is 29.8. The molecule has 1 fully saturated rings. The molecule has 0 spiro atoms. The van der Waals surface area contributed by atoms with Gasteiger partial charge in [0.1, 0.15) is 5.75 Å². The van der Waals surface area contributed by atoms with E-state index >= 15 is 0 Å². The van der Waals surface area contributed by atoms with Crippen LogP contribution >= 0.6 is 11.6 Å². The van der Waals surface area contributed by atoms with Gasteiger partial charge in [0.15, 0.2) is 0 Å². The van der Waals surface area contributed by atoms with Gasteiger partial charge in [-0.1, -0.05) is 69.1 Å². The second-order valence-corrected chi connectivity index (χ2v) is 11.9. The van der Waals surface area contributed by atoms with E-state index in [2.05, 4.69) is 43.1 Å². The minimum atomic E-state index is -0.431. The van der Waals surface area contributed by atoms with Crippen LogP contribution in [-0.4, -0.2) is 67.3 Å². The Morgan fingerprint density at radius 3 is 2.46 bits per heavy atom. The van der Waals surface area contributed by atoms with Gasteiger partial charge in [0, 0.05) is 44.0 Å². The third-order valence-corrected chi connectivity index (χ3v) is 8.68. The number of likely N-dealkylation sites (N-methyl/N-ethyl adjacent to an activating group) is 1. The molecule has 5 rings (SSSR count). The SMILES string of the molecule is CC.CCCc1cc(Cl)ccc1C1COc2ccc(cc2)CCC(=O)N(C)CC/C=C/C(O)C2CCC2CN(C)C1. The molecule has 41 heavy (non-hydrogen) atoms. The van der Waals surface area contributed by atoms with Gasteiger partial charge in [-0.3, -0.25) is 4.79 Å². The van der Waals surface area contributed by atoms with E-state index in [0.717, 1.165) is 61.5 Å². The summed E-state index contributed by atoms with van der Waals surface area (Å²) >= 11 is 6.39. The quantitative estimate of drug-likeness (QED) is 0.390. The molecule has 2 aromatic rings. The number of carbonyl (C=O) groups is 1. The van der Waals surface area contributed by atoms with Crippen molar-refractivity contribution in [3.05, 3.63) is 76.3 Å². The van der Waals surface area contributed by atoms with Gasteiger partial charge in [0.05, 0.1) is 12.7 Å². The maximum Gasteiger partial charge on any atom is 0.222 e. The van der Waals surface area contributed by atoms with Crippen molar-refractivity contribution in [3.8, 4) is 5.75 Å². The van der Waals surface area contributed by atoms with E-state index in [4.69, 9.17) is 16.3 Å². The maximum atomic E-state index is 12.6. The summed E-state index contributed by atoms with van der Waals surface area (Å²) < 4.78 is 6.37. The van der Waals surface area contributed by atoms with Crippen molar-refractivity contribution in [2.75, 3.05) is 40.3 Å². The van der Waals surface area contributed by atoms with E-state index in [0.29, 0.717) is 31.9 Å². The van der Waals surface area contributed by atoms with Gasteiger partial charge >= 0.3 is 0 Å². The van der Waals surface area contributed by atoms with E-state index < -0.39 is 6.10 Å². The molecule has 2 aliphatic heterocycles. The summed E-state index contributed by atoms with van der Waals surface area (Å²) in [6.07, 6.45) is 9.75. The Labute approximate surface area is 253 Å². The number of rotatable bonds is 3. The Hall–Kier alpha value is -2.34. The number of aliphatic hydroxyl groups excluding tert-OH is 1. The normalized spacial score (nSPS) is 25.5. The van der Waals surface area contributed by atoms with Crippen molar-refractivity contribution < 1.29 is 14.6 Å². The van der Waals surface area contributed by atoms with Gasteiger partial charge in [-0.05, 0) is 91.9 Å². The Morgan fingerprint density at radius 1 is 1.02 bits per heavy atom. The van der Waals surface area contributed by atoms with Crippen molar-refractivity contribution in [1.82, 2.24) is 9.80 Å². The number of nitrogens with zero attached hydrogens (tertiary/aromatic N) is 2. The molecule has 5 nitrogen and oxygen atoms in total. The molecule has 4 atom stereocenters. The number of hydrogen-bond donors (Lipinski definition) is 1. The second kappa shape index (κ2) is 16.9. The maximum absolute atomic E-state index is 12.6. The molecule has 2 heterocycles. The lowest BCUT2D eigenvalue weighted by atomic mass is 9.70. The van der Waals surface area contributed by atoms with Crippen LogP contribution in [0.25, 0.3) is 0 Å². The first kappa shape index (κ1) is 33.2. The second-order valence-electron chi connectivity index (χ2n) is 11.5. The molecule has 1 saturated carbocycles. The Morgan fingerprint density at radius 2 is 1.78 bits per heavy atom. The number of benzene rings is 2. The standard InChI is InChI=1S/C33H45ClN2O3.C2H6/c1-4-7-25-20-28(34)13-17-30(25)27-22-35(2)21-26-12-16-31(26)32(37)8-5-6-19-36(3)33(38)18-11-24-9-14-29(15-10-24)39-23-27;1-2/h5,8-10,13-15,17,20,26-27,31-32,37H,4,6-7,11-12,16,18-19,21-23H2,1-3H3;1-2H3/b8-5+;. The Balaban J connectivity index is 0.00000226. The van der Waals surface area contributed by atoms with Crippen molar-refractivity contribution in [2.45, 2.75) is 77.7 Å². The lowest BCUT2D eigenvalue weighted by molar-refractivity contribution is -0.129. The van der Waals surface area contributed by atoms with Gasteiger partial charge in [-0.15, -0.1) is 0 Å². The molecule has 3 aliphatic rings. The zero-order valence-electron chi connectivity index (χ0n) is 25.8. The zero-order valence-corrected chi connectivity index (χ0v) is 26.6. The average Bonchev–Trinajstić information content (AvgIpc) is 2.96. The summed E-state index contributed by atoms with van der Waals surface area (Å²) in [4.78, 5) is 16.8. The molecular formula is C35H51ClN2O3. The van der Waals surface area contributed by atoms with Crippen molar-refractivity contribution in [2.24, 2.45) is 11.8 Å². The number of aliphatic hydroxyl groups is 1. The molecule has 0 aromatic heterocycles. The van der Waals surface area contributed by atoms with Crippen LogP contribution in [0, 0.1) is 11.8 Å². The fourth-order valence-corrected chi connectivity index (χ4v) is 6.18. The topological polar surface area (TPSA) is 53.0 Å². The molecular weight excluding hydrogens is 532 g/mol. The minimum Gasteiger partial charge on any atom is -0.493 e. The van der Waals surface area contributed by atoms with E-state index in [9.17, 15) is 9.90 Å². The fourth-order valence-electron chi connectivity index (χ4n) is 5.98. The van der Waals surface area contributed by atoms with Crippen LogP contribution in [0.1, 0.15) is 75.5 Å². The van der Waals surface area contributed by atoms with Crippen LogP contribution in [0.15, 0.2) is 54.6 Å². The van der Waals surface area contributed by atoms with Crippen molar-refractivity contribution >= 4 is 17.5 Å². The molecule has 4 unspecified atom stereocenters. The number of halogens is 1. The lowest BCUT2D eigenvalue weighted by Gasteiger charge is -2.41.